The zero-order valence-electron chi connectivity index (χ0n) is 19.7. The first-order valence-electron chi connectivity index (χ1n) is 11.6. The van der Waals surface area contributed by atoms with Crippen molar-refractivity contribution in [3.63, 3.8) is 0 Å². The molecule has 0 saturated carbocycles. The van der Waals surface area contributed by atoms with Gasteiger partial charge in [0.15, 0.2) is 5.60 Å². The second-order valence-electron chi connectivity index (χ2n) is 8.83. The molecule has 172 valence electrons. The molecule has 5 rings (SSSR count). The van der Waals surface area contributed by atoms with Crippen LogP contribution in [-0.2, 0) is 5.60 Å². The van der Waals surface area contributed by atoms with Crippen LogP contribution in [0.15, 0.2) is 120 Å². The van der Waals surface area contributed by atoms with Crippen LogP contribution in [0.4, 0.5) is 0 Å². The van der Waals surface area contributed by atoms with Gasteiger partial charge in [-0.1, -0.05) is 101 Å². The summed E-state index contributed by atoms with van der Waals surface area (Å²) in [5.41, 5.74) is 7.26. The van der Waals surface area contributed by atoms with Gasteiger partial charge in [0.1, 0.15) is 0 Å². The van der Waals surface area contributed by atoms with E-state index in [1.165, 1.54) is 16.7 Å². The second kappa shape index (κ2) is 9.61. The van der Waals surface area contributed by atoms with Crippen molar-refractivity contribution in [2.75, 3.05) is 0 Å². The lowest BCUT2D eigenvalue weighted by Gasteiger charge is -2.31. The Morgan fingerprint density at radius 1 is 0.686 bits per heavy atom. The molecule has 0 aliphatic carbocycles. The lowest BCUT2D eigenvalue weighted by molar-refractivity contribution is 0.121. The fourth-order valence-corrected chi connectivity index (χ4v) is 5.28. The highest BCUT2D eigenvalue weighted by molar-refractivity contribution is 9.10. The van der Waals surface area contributed by atoms with Gasteiger partial charge in [-0.25, -0.2) is 0 Å². The lowest BCUT2D eigenvalue weighted by atomic mass is 9.79. The summed E-state index contributed by atoms with van der Waals surface area (Å²) in [4.78, 5) is 4.75. The second-order valence-corrected chi connectivity index (χ2v) is 9.74. The molecule has 4 aromatic carbocycles. The Kier molecular flexibility index (Phi) is 6.38. The van der Waals surface area contributed by atoms with E-state index in [2.05, 4.69) is 66.2 Å². The van der Waals surface area contributed by atoms with Crippen molar-refractivity contribution in [1.29, 1.82) is 0 Å². The van der Waals surface area contributed by atoms with Crippen molar-refractivity contribution in [2.45, 2.75) is 19.4 Å². The summed E-state index contributed by atoms with van der Waals surface area (Å²) >= 11 is 3.60. The Morgan fingerprint density at radius 3 is 2.11 bits per heavy atom. The first-order chi connectivity index (χ1) is 17.0. The van der Waals surface area contributed by atoms with Crippen molar-refractivity contribution in [1.82, 2.24) is 4.98 Å². The number of hydrogen-bond donors (Lipinski definition) is 1. The first-order valence-corrected chi connectivity index (χ1v) is 12.4. The van der Waals surface area contributed by atoms with Crippen LogP contribution in [0.3, 0.4) is 0 Å². The molecule has 1 atom stereocenters. The zero-order valence-corrected chi connectivity index (χ0v) is 21.3. The normalized spacial score (nSPS) is 12.8. The maximum absolute atomic E-state index is 12.7. The van der Waals surface area contributed by atoms with E-state index < -0.39 is 5.60 Å². The molecule has 0 aliphatic heterocycles. The summed E-state index contributed by atoms with van der Waals surface area (Å²) in [5, 5.41) is 12.7. The van der Waals surface area contributed by atoms with Crippen LogP contribution >= 0.6 is 15.9 Å². The Balaban J connectivity index is 1.80. The van der Waals surface area contributed by atoms with E-state index in [1.54, 1.807) is 6.20 Å². The van der Waals surface area contributed by atoms with Crippen molar-refractivity contribution in [3.05, 3.63) is 148 Å². The van der Waals surface area contributed by atoms with Crippen LogP contribution in [0.1, 0.15) is 27.9 Å². The molecule has 5 aromatic rings. The van der Waals surface area contributed by atoms with Crippen molar-refractivity contribution in [3.8, 4) is 22.3 Å². The molecule has 0 spiro atoms. The maximum Gasteiger partial charge on any atom is 0.157 e. The van der Waals surface area contributed by atoms with Gasteiger partial charge in [0, 0.05) is 16.2 Å². The van der Waals surface area contributed by atoms with Crippen molar-refractivity contribution in [2.24, 2.45) is 0 Å². The van der Waals surface area contributed by atoms with Gasteiger partial charge in [-0.3, -0.25) is 4.98 Å². The number of aliphatic hydroxyl groups is 1. The number of halogens is 1. The van der Waals surface area contributed by atoms with Crippen LogP contribution < -0.4 is 0 Å². The maximum atomic E-state index is 12.7. The van der Waals surface area contributed by atoms with Crippen LogP contribution in [-0.4, -0.2) is 10.1 Å². The molecule has 0 bridgehead atoms. The Bertz CT molecular complexity index is 1470. The predicted octanol–water partition coefficient (Wildman–Crippen LogP) is 8.08. The van der Waals surface area contributed by atoms with Crippen LogP contribution in [0, 0.1) is 13.8 Å². The minimum Gasteiger partial charge on any atom is -0.374 e. The molecule has 35 heavy (non-hydrogen) atoms. The molecule has 0 aliphatic rings. The van der Waals surface area contributed by atoms with Crippen molar-refractivity contribution >= 4 is 15.9 Å². The third kappa shape index (κ3) is 4.34. The van der Waals surface area contributed by atoms with Gasteiger partial charge in [-0.2, -0.15) is 0 Å². The largest absolute Gasteiger partial charge is 0.374 e. The average molecular weight is 520 g/mol. The highest BCUT2D eigenvalue weighted by Gasteiger charge is 2.38. The summed E-state index contributed by atoms with van der Waals surface area (Å²) in [5.74, 6) is 0. The summed E-state index contributed by atoms with van der Waals surface area (Å²) in [6.07, 6.45) is 1.80. The summed E-state index contributed by atoms with van der Waals surface area (Å²) in [6, 6.07) is 36.4. The fraction of sp³-hybridized carbons (Fsp3) is 0.0938. The van der Waals surface area contributed by atoms with Crippen LogP contribution in [0.5, 0.6) is 0 Å². The Labute approximate surface area is 215 Å². The van der Waals surface area contributed by atoms with E-state index in [1.807, 2.05) is 72.8 Å². The highest BCUT2D eigenvalue weighted by atomic mass is 79.9. The summed E-state index contributed by atoms with van der Waals surface area (Å²) in [7, 11) is 0. The highest BCUT2D eigenvalue weighted by Crippen LogP contribution is 2.42. The van der Waals surface area contributed by atoms with E-state index >= 15 is 0 Å². The van der Waals surface area contributed by atoms with Gasteiger partial charge in [0.25, 0.3) is 0 Å². The van der Waals surface area contributed by atoms with Gasteiger partial charge >= 0.3 is 0 Å². The van der Waals surface area contributed by atoms with E-state index in [0.29, 0.717) is 5.69 Å². The Morgan fingerprint density at radius 2 is 1.37 bits per heavy atom. The summed E-state index contributed by atoms with van der Waals surface area (Å²) in [6.45, 7) is 4.24. The minimum atomic E-state index is -1.47. The molecule has 3 heteroatoms. The topological polar surface area (TPSA) is 33.1 Å². The molecule has 0 radical (unpaired) electrons. The SMILES string of the molecule is Cc1cccc(C)c1-c1ccnc(C(O)(c2cccc(Br)c2)c2ccccc2-c2ccccc2)c1. The van der Waals surface area contributed by atoms with Gasteiger partial charge in [0.05, 0.1) is 5.69 Å². The van der Waals surface area contributed by atoms with Gasteiger partial charge in [-0.05, 0) is 77.1 Å². The Hall–Kier alpha value is -3.53. The van der Waals surface area contributed by atoms with Crippen LogP contribution in [0.25, 0.3) is 22.3 Å². The standard InChI is InChI=1S/C32H26BrNO/c1-22-10-8-11-23(2)31(22)25-18-19-34-30(20-25)32(35,26-14-9-15-27(33)21-26)29-17-7-6-16-28(29)24-12-4-3-5-13-24/h3-21,35H,1-2H3. The molecule has 0 saturated heterocycles. The number of aryl methyl sites for hydroxylation is 2. The zero-order chi connectivity index (χ0) is 24.4. The first kappa shape index (κ1) is 23.2. The predicted molar refractivity (Wildman–Crippen MR) is 147 cm³/mol. The number of aromatic nitrogens is 1. The molecular formula is C32H26BrNO. The van der Waals surface area contributed by atoms with Gasteiger partial charge in [-0.15, -0.1) is 0 Å². The number of hydrogen-bond acceptors (Lipinski definition) is 2. The number of nitrogens with zero attached hydrogens (tertiary/aromatic N) is 1. The molecular weight excluding hydrogens is 494 g/mol. The number of pyridine rings is 1. The third-order valence-electron chi connectivity index (χ3n) is 6.54. The van der Waals surface area contributed by atoms with E-state index in [-0.39, 0.29) is 0 Å². The van der Waals surface area contributed by atoms with Gasteiger partial charge < -0.3 is 5.11 Å². The van der Waals surface area contributed by atoms with Gasteiger partial charge in [0.2, 0.25) is 0 Å². The molecule has 2 nitrogen and oxygen atoms in total. The van der Waals surface area contributed by atoms with E-state index in [0.717, 1.165) is 32.3 Å². The number of benzene rings is 4. The molecule has 0 amide bonds. The van der Waals surface area contributed by atoms with E-state index in [4.69, 9.17) is 4.98 Å². The molecule has 1 N–H and O–H groups in total. The molecule has 0 fully saturated rings. The minimum absolute atomic E-state index is 0.583. The molecule has 1 unspecified atom stereocenters. The average Bonchev–Trinajstić information content (AvgIpc) is 2.89. The van der Waals surface area contributed by atoms with Crippen molar-refractivity contribution < 1.29 is 5.11 Å². The van der Waals surface area contributed by atoms with E-state index in [9.17, 15) is 5.11 Å². The monoisotopic (exact) mass is 519 g/mol. The molecule has 1 aromatic heterocycles. The quantitative estimate of drug-likeness (QED) is 0.254. The van der Waals surface area contributed by atoms with Crippen LogP contribution in [0.2, 0.25) is 0 Å². The molecule has 1 heterocycles. The number of rotatable bonds is 5. The lowest BCUT2D eigenvalue weighted by Crippen LogP contribution is -2.31. The summed E-state index contributed by atoms with van der Waals surface area (Å²) < 4.78 is 0.900. The smallest absolute Gasteiger partial charge is 0.157 e. The fourth-order valence-electron chi connectivity index (χ4n) is 4.88. The third-order valence-corrected chi connectivity index (χ3v) is 7.04.